The maximum absolute atomic E-state index is 12.3. The molecule has 8 heteroatoms. The van der Waals surface area contributed by atoms with E-state index in [1.165, 1.54) is 0 Å². The Morgan fingerprint density at radius 2 is 1.75 bits per heavy atom. The number of amides is 4. The summed E-state index contributed by atoms with van der Waals surface area (Å²) in [5, 5.41) is 8.33. The van der Waals surface area contributed by atoms with Crippen molar-refractivity contribution >= 4 is 17.8 Å². The first-order chi connectivity index (χ1) is 13.4. The summed E-state index contributed by atoms with van der Waals surface area (Å²) in [7, 11) is 1.60. The molecule has 0 unspecified atom stereocenters. The molecule has 0 aliphatic carbocycles. The van der Waals surface area contributed by atoms with Crippen molar-refractivity contribution < 1.29 is 19.1 Å². The molecule has 0 saturated carbocycles. The summed E-state index contributed by atoms with van der Waals surface area (Å²) < 4.78 is 5.09. The molecule has 154 valence electrons. The van der Waals surface area contributed by atoms with Crippen LogP contribution in [0.4, 0.5) is 4.79 Å². The van der Waals surface area contributed by atoms with Gasteiger partial charge in [-0.25, -0.2) is 4.79 Å². The highest BCUT2D eigenvalue weighted by Crippen LogP contribution is 2.17. The zero-order chi connectivity index (χ0) is 20.5. The molecule has 28 heavy (non-hydrogen) atoms. The molecule has 0 atom stereocenters. The van der Waals surface area contributed by atoms with Crippen molar-refractivity contribution in [2.24, 2.45) is 5.92 Å². The maximum atomic E-state index is 12.3. The summed E-state index contributed by atoms with van der Waals surface area (Å²) in [5.74, 6) is 0.217. The maximum Gasteiger partial charge on any atom is 0.317 e. The number of carbonyl (C=O) groups is 3. The van der Waals surface area contributed by atoms with Gasteiger partial charge in [0, 0.05) is 31.6 Å². The number of likely N-dealkylation sites (tertiary alicyclic amines) is 1. The standard InChI is InChI=1S/C20H30N4O4/c1-14(2)23-20(27)24-10-8-16(9-11-24)19(26)22-13-18(25)21-12-15-4-6-17(28-3)7-5-15/h4-7,14,16H,8-13H2,1-3H3,(H,21,25)(H,22,26)(H,23,27). The van der Waals surface area contributed by atoms with Gasteiger partial charge in [0.15, 0.2) is 0 Å². The molecule has 1 heterocycles. The van der Waals surface area contributed by atoms with Crippen LogP contribution in [0.1, 0.15) is 32.3 Å². The van der Waals surface area contributed by atoms with Crippen molar-refractivity contribution in [3.8, 4) is 5.75 Å². The number of hydrogen-bond acceptors (Lipinski definition) is 4. The van der Waals surface area contributed by atoms with Crippen LogP contribution in [0.25, 0.3) is 0 Å². The molecule has 3 N–H and O–H groups in total. The van der Waals surface area contributed by atoms with Crippen LogP contribution in [-0.4, -0.2) is 55.5 Å². The summed E-state index contributed by atoms with van der Waals surface area (Å²) >= 11 is 0. The number of urea groups is 1. The molecule has 1 saturated heterocycles. The summed E-state index contributed by atoms with van der Waals surface area (Å²) in [4.78, 5) is 37.9. The monoisotopic (exact) mass is 390 g/mol. The smallest absolute Gasteiger partial charge is 0.317 e. The Kier molecular flexibility index (Phi) is 8.10. The largest absolute Gasteiger partial charge is 0.497 e. The van der Waals surface area contributed by atoms with Gasteiger partial charge in [0.05, 0.1) is 13.7 Å². The number of hydrogen-bond donors (Lipinski definition) is 3. The topological polar surface area (TPSA) is 99.8 Å². The fraction of sp³-hybridized carbons (Fsp3) is 0.550. The Bertz CT molecular complexity index is 667. The molecule has 1 aromatic carbocycles. The molecule has 0 bridgehead atoms. The van der Waals surface area contributed by atoms with Crippen LogP contribution in [0, 0.1) is 5.92 Å². The molecular formula is C20H30N4O4. The Hall–Kier alpha value is -2.77. The van der Waals surface area contributed by atoms with E-state index < -0.39 is 0 Å². The Balaban J connectivity index is 1.66. The van der Waals surface area contributed by atoms with E-state index >= 15 is 0 Å². The van der Waals surface area contributed by atoms with E-state index in [0.717, 1.165) is 11.3 Å². The molecule has 8 nitrogen and oxygen atoms in total. The van der Waals surface area contributed by atoms with Gasteiger partial charge in [-0.1, -0.05) is 12.1 Å². The third kappa shape index (κ3) is 6.75. The number of rotatable bonds is 7. The van der Waals surface area contributed by atoms with Gasteiger partial charge in [0.25, 0.3) is 0 Å². The van der Waals surface area contributed by atoms with Gasteiger partial charge in [0.1, 0.15) is 5.75 Å². The highest BCUT2D eigenvalue weighted by Gasteiger charge is 2.27. The van der Waals surface area contributed by atoms with Crippen LogP contribution in [0.5, 0.6) is 5.75 Å². The van der Waals surface area contributed by atoms with Crippen LogP contribution >= 0.6 is 0 Å². The zero-order valence-corrected chi connectivity index (χ0v) is 16.8. The van der Waals surface area contributed by atoms with Gasteiger partial charge in [-0.2, -0.15) is 0 Å². The summed E-state index contributed by atoms with van der Waals surface area (Å²) in [5.41, 5.74) is 0.951. The molecule has 1 aromatic rings. The third-order valence-corrected chi connectivity index (χ3v) is 4.64. The van der Waals surface area contributed by atoms with E-state index in [0.29, 0.717) is 32.5 Å². The van der Waals surface area contributed by atoms with Crippen molar-refractivity contribution in [1.82, 2.24) is 20.9 Å². The second kappa shape index (κ2) is 10.5. The fourth-order valence-corrected chi connectivity index (χ4v) is 3.00. The van der Waals surface area contributed by atoms with Crippen LogP contribution in [0.2, 0.25) is 0 Å². The lowest BCUT2D eigenvalue weighted by Crippen LogP contribution is -2.49. The van der Waals surface area contributed by atoms with E-state index in [1.807, 2.05) is 38.1 Å². The number of methoxy groups -OCH3 is 1. The van der Waals surface area contributed by atoms with Crippen molar-refractivity contribution in [3.05, 3.63) is 29.8 Å². The molecule has 2 rings (SSSR count). The van der Waals surface area contributed by atoms with Crippen LogP contribution in [0.15, 0.2) is 24.3 Å². The predicted octanol–water partition coefficient (Wildman–Crippen LogP) is 1.26. The molecule has 0 aromatic heterocycles. The van der Waals surface area contributed by atoms with E-state index in [4.69, 9.17) is 4.74 Å². The SMILES string of the molecule is COc1ccc(CNC(=O)CNC(=O)C2CCN(C(=O)NC(C)C)CC2)cc1. The second-order valence-corrected chi connectivity index (χ2v) is 7.21. The van der Waals surface area contributed by atoms with Gasteiger partial charge in [-0.3, -0.25) is 9.59 Å². The lowest BCUT2D eigenvalue weighted by Gasteiger charge is -2.31. The molecule has 0 spiro atoms. The van der Waals surface area contributed by atoms with E-state index in [2.05, 4.69) is 16.0 Å². The number of piperidine rings is 1. The van der Waals surface area contributed by atoms with Crippen molar-refractivity contribution in [3.63, 3.8) is 0 Å². The zero-order valence-electron chi connectivity index (χ0n) is 16.8. The first kappa shape index (κ1) is 21.5. The number of nitrogens with one attached hydrogen (secondary N) is 3. The quantitative estimate of drug-likeness (QED) is 0.653. The molecule has 1 aliphatic heterocycles. The van der Waals surface area contributed by atoms with E-state index in [9.17, 15) is 14.4 Å². The van der Waals surface area contributed by atoms with Crippen molar-refractivity contribution in [2.75, 3.05) is 26.7 Å². The minimum atomic E-state index is -0.238. The van der Waals surface area contributed by atoms with Crippen molar-refractivity contribution in [2.45, 2.75) is 39.3 Å². The highest BCUT2D eigenvalue weighted by atomic mass is 16.5. The molecular weight excluding hydrogens is 360 g/mol. The number of nitrogens with zero attached hydrogens (tertiary/aromatic N) is 1. The van der Waals surface area contributed by atoms with Gasteiger partial charge in [0.2, 0.25) is 11.8 Å². The van der Waals surface area contributed by atoms with Gasteiger partial charge in [-0.05, 0) is 44.4 Å². The second-order valence-electron chi connectivity index (χ2n) is 7.21. The molecule has 1 fully saturated rings. The van der Waals surface area contributed by atoms with Gasteiger partial charge in [-0.15, -0.1) is 0 Å². The van der Waals surface area contributed by atoms with Gasteiger partial charge >= 0.3 is 6.03 Å². The Morgan fingerprint density at radius 1 is 1.11 bits per heavy atom. The van der Waals surface area contributed by atoms with E-state index in [-0.39, 0.29) is 36.3 Å². The first-order valence-electron chi connectivity index (χ1n) is 9.61. The number of benzene rings is 1. The fourth-order valence-electron chi connectivity index (χ4n) is 3.00. The minimum Gasteiger partial charge on any atom is -0.497 e. The molecule has 1 aliphatic rings. The minimum absolute atomic E-state index is 0.0525. The molecule has 4 amide bonds. The average molecular weight is 390 g/mol. The lowest BCUT2D eigenvalue weighted by atomic mass is 9.96. The summed E-state index contributed by atoms with van der Waals surface area (Å²) in [6.07, 6.45) is 1.20. The van der Waals surface area contributed by atoms with Crippen LogP contribution in [-0.2, 0) is 16.1 Å². The Labute approximate surface area is 166 Å². The number of carbonyl (C=O) groups excluding carboxylic acids is 3. The molecule has 0 radical (unpaired) electrons. The number of ether oxygens (including phenoxy) is 1. The highest BCUT2D eigenvalue weighted by molar-refractivity contribution is 5.86. The lowest BCUT2D eigenvalue weighted by molar-refractivity contribution is -0.129. The first-order valence-corrected chi connectivity index (χ1v) is 9.61. The average Bonchev–Trinajstić information content (AvgIpc) is 2.70. The van der Waals surface area contributed by atoms with Crippen LogP contribution in [0.3, 0.4) is 0 Å². The summed E-state index contributed by atoms with van der Waals surface area (Å²) in [6, 6.07) is 7.41. The summed E-state index contributed by atoms with van der Waals surface area (Å²) in [6.45, 7) is 5.25. The van der Waals surface area contributed by atoms with E-state index in [1.54, 1.807) is 12.0 Å². The third-order valence-electron chi connectivity index (χ3n) is 4.64. The normalized spacial score (nSPS) is 14.5. The van der Waals surface area contributed by atoms with Crippen LogP contribution < -0.4 is 20.7 Å². The Morgan fingerprint density at radius 3 is 2.32 bits per heavy atom. The van der Waals surface area contributed by atoms with Gasteiger partial charge < -0.3 is 25.6 Å². The predicted molar refractivity (Wildman–Crippen MR) is 106 cm³/mol. The van der Waals surface area contributed by atoms with Crippen molar-refractivity contribution in [1.29, 1.82) is 0 Å².